The molecule has 0 saturated heterocycles. The lowest BCUT2D eigenvalue weighted by Gasteiger charge is -1.99. The third-order valence-electron chi connectivity index (χ3n) is 2.23. The maximum absolute atomic E-state index is 5.89. The van der Waals surface area contributed by atoms with Crippen molar-refractivity contribution in [3.8, 4) is 11.6 Å². The summed E-state index contributed by atoms with van der Waals surface area (Å²) in [7, 11) is 0. The van der Waals surface area contributed by atoms with E-state index in [1.807, 2.05) is 24.3 Å². The Hall–Kier alpha value is -1.94. The molecule has 0 radical (unpaired) electrons. The van der Waals surface area contributed by atoms with Gasteiger partial charge in [-0.15, -0.1) is 10.2 Å². The van der Waals surface area contributed by atoms with Gasteiger partial charge in [-0.1, -0.05) is 17.7 Å². The molecule has 4 nitrogen and oxygen atoms in total. The minimum absolute atomic E-state index is 0.414. The van der Waals surface area contributed by atoms with Crippen LogP contribution in [0.1, 0.15) is 0 Å². The fraction of sp³-hybridized carbons (Fsp3) is 0. The molecular weight excluding hydrogens is 226 g/mol. The second kappa shape index (κ2) is 3.57. The Bertz CT molecular complexity index is 637. The zero-order chi connectivity index (χ0) is 11.0. The third kappa shape index (κ3) is 1.53. The van der Waals surface area contributed by atoms with E-state index in [9.17, 15) is 0 Å². The highest BCUT2D eigenvalue weighted by atomic mass is 35.5. The molecule has 0 bridgehead atoms. The molecule has 78 valence electrons. The van der Waals surface area contributed by atoms with Gasteiger partial charge in [-0.3, -0.25) is 0 Å². The Morgan fingerprint density at radius 1 is 1.12 bits per heavy atom. The van der Waals surface area contributed by atoms with E-state index in [0.717, 1.165) is 10.9 Å². The first-order chi connectivity index (χ1) is 7.83. The van der Waals surface area contributed by atoms with E-state index in [1.165, 1.54) is 6.39 Å². The van der Waals surface area contributed by atoms with Crippen molar-refractivity contribution in [2.75, 3.05) is 0 Å². The highest BCUT2D eigenvalue weighted by molar-refractivity contribution is 6.31. The number of halogens is 1. The fourth-order valence-corrected chi connectivity index (χ4v) is 1.68. The highest BCUT2D eigenvalue weighted by Crippen LogP contribution is 2.21. The van der Waals surface area contributed by atoms with Crippen LogP contribution in [-0.2, 0) is 0 Å². The van der Waals surface area contributed by atoms with Crippen LogP contribution in [0.25, 0.3) is 22.5 Å². The predicted molar refractivity (Wildman–Crippen MR) is 60.0 cm³/mol. The normalized spacial score (nSPS) is 10.8. The van der Waals surface area contributed by atoms with Crippen molar-refractivity contribution in [2.45, 2.75) is 0 Å². The molecule has 0 fully saturated rings. The molecular formula is C11H6ClN3O. The average Bonchev–Trinajstić information content (AvgIpc) is 2.82. The molecule has 3 rings (SSSR count). The van der Waals surface area contributed by atoms with Gasteiger partial charge in [-0.2, -0.15) is 0 Å². The quantitative estimate of drug-likeness (QED) is 0.646. The van der Waals surface area contributed by atoms with Gasteiger partial charge in [0.2, 0.25) is 6.39 Å². The maximum Gasteiger partial charge on any atom is 0.266 e. The molecule has 3 aromatic rings. The number of hydrogen-bond acceptors (Lipinski definition) is 4. The summed E-state index contributed by atoms with van der Waals surface area (Å²) in [6, 6.07) is 9.27. The first-order valence-corrected chi connectivity index (χ1v) is 5.03. The Morgan fingerprint density at radius 3 is 2.88 bits per heavy atom. The number of fused-ring (bicyclic) bond motifs is 1. The SMILES string of the molecule is Clc1ccc2nc(-c3nnco3)ccc2c1. The van der Waals surface area contributed by atoms with Crippen molar-refractivity contribution in [1.82, 2.24) is 15.2 Å². The van der Waals surface area contributed by atoms with E-state index in [-0.39, 0.29) is 0 Å². The van der Waals surface area contributed by atoms with Crippen LogP contribution in [0.3, 0.4) is 0 Å². The number of hydrogen-bond donors (Lipinski definition) is 0. The summed E-state index contributed by atoms with van der Waals surface area (Å²) < 4.78 is 5.08. The molecule has 5 heteroatoms. The van der Waals surface area contributed by atoms with Gasteiger partial charge in [0.1, 0.15) is 5.69 Å². The predicted octanol–water partition coefficient (Wildman–Crippen LogP) is 2.94. The largest absolute Gasteiger partial charge is 0.422 e. The maximum atomic E-state index is 5.89. The monoisotopic (exact) mass is 231 g/mol. The summed E-state index contributed by atoms with van der Waals surface area (Å²) in [4.78, 5) is 4.40. The minimum atomic E-state index is 0.414. The summed E-state index contributed by atoms with van der Waals surface area (Å²) in [5, 5.41) is 9.10. The number of pyridine rings is 1. The lowest BCUT2D eigenvalue weighted by Crippen LogP contribution is -1.85. The summed E-state index contributed by atoms with van der Waals surface area (Å²) >= 11 is 5.89. The molecule has 2 aromatic heterocycles. The summed E-state index contributed by atoms with van der Waals surface area (Å²) in [5.41, 5.74) is 1.51. The molecule has 0 spiro atoms. The molecule has 0 unspecified atom stereocenters. The highest BCUT2D eigenvalue weighted by Gasteiger charge is 2.06. The van der Waals surface area contributed by atoms with E-state index >= 15 is 0 Å². The Kier molecular flexibility index (Phi) is 2.08. The standard InChI is InChI=1S/C11H6ClN3O/c12-8-2-4-9-7(5-8)1-3-10(14-9)11-15-13-6-16-11/h1-6H. The van der Waals surface area contributed by atoms with Gasteiger partial charge in [0.25, 0.3) is 5.89 Å². The van der Waals surface area contributed by atoms with E-state index in [1.54, 1.807) is 6.07 Å². The third-order valence-corrected chi connectivity index (χ3v) is 2.47. The lowest BCUT2D eigenvalue weighted by atomic mass is 10.2. The molecule has 0 aliphatic rings. The van der Waals surface area contributed by atoms with Crippen LogP contribution in [0.2, 0.25) is 5.02 Å². The van der Waals surface area contributed by atoms with Gasteiger partial charge in [-0.05, 0) is 24.3 Å². The van der Waals surface area contributed by atoms with Gasteiger partial charge >= 0.3 is 0 Å². The van der Waals surface area contributed by atoms with Gasteiger partial charge in [0.05, 0.1) is 5.52 Å². The molecule has 0 atom stereocenters. The molecule has 0 saturated carbocycles. The van der Waals surface area contributed by atoms with E-state index in [4.69, 9.17) is 16.0 Å². The van der Waals surface area contributed by atoms with E-state index < -0.39 is 0 Å². The van der Waals surface area contributed by atoms with Gasteiger partial charge in [-0.25, -0.2) is 4.98 Å². The first-order valence-electron chi connectivity index (χ1n) is 4.66. The number of rotatable bonds is 1. The second-order valence-corrected chi connectivity index (χ2v) is 3.71. The minimum Gasteiger partial charge on any atom is -0.422 e. The van der Waals surface area contributed by atoms with Crippen molar-refractivity contribution >= 4 is 22.5 Å². The van der Waals surface area contributed by atoms with Crippen LogP contribution in [0.15, 0.2) is 41.1 Å². The Labute approximate surface area is 95.9 Å². The Morgan fingerprint density at radius 2 is 2.06 bits per heavy atom. The van der Waals surface area contributed by atoms with Crippen LogP contribution in [0.4, 0.5) is 0 Å². The van der Waals surface area contributed by atoms with Crippen molar-refractivity contribution in [1.29, 1.82) is 0 Å². The summed E-state index contributed by atoms with van der Waals surface area (Å²) in [6.45, 7) is 0. The zero-order valence-corrected chi connectivity index (χ0v) is 8.85. The molecule has 2 heterocycles. The van der Waals surface area contributed by atoms with Gasteiger partial charge in [0.15, 0.2) is 0 Å². The van der Waals surface area contributed by atoms with Crippen LogP contribution < -0.4 is 0 Å². The summed E-state index contributed by atoms with van der Waals surface area (Å²) in [5.74, 6) is 0.414. The summed E-state index contributed by atoms with van der Waals surface area (Å²) in [6.07, 6.45) is 1.28. The van der Waals surface area contributed by atoms with Crippen molar-refractivity contribution < 1.29 is 4.42 Å². The van der Waals surface area contributed by atoms with Crippen LogP contribution >= 0.6 is 11.6 Å². The van der Waals surface area contributed by atoms with Crippen molar-refractivity contribution in [2.24, 2.45) is 0 Å². The van der Waals surface area contributed by atoms with Crippen LogP contribution in [0.5, 0.6) is 0 Å². The zero-order valence-electron chi connectivity index (χ0n) is 8.09. The smallest absolute Gasteiger partial charge is 0.266 e. The average molecular weight is 232 g/mol. The molecule has 0 amide bonds. The van der Waals surface area contributed by atoms with Crippen molar-refractivity contribution in [3.63, 3.8) is 0 Å². The van der Waals surface area contributed by atoms with Gasteiger partial charge in [0, 0.05) is 10.4 Å². The fourth-order valence-electron chi connectivity index (χ4n) is 1.50. The van der Waals surface area contributed by atoms with E-state index in [0.29, 0.717) is 16.6 Å². The van der Waals surface area contributed by atoms with Gasteiger partial charge < -0.3 is 4.42 Å². The molecule has 1 aromatic carbocycles. The van der Waals surface area contributed by atoms with E-state index in [2.05, 4.69) is 15.2 Å². The van der Waals surface area contributed by atoms with Crippen LogP contribution in [0, 0.1) is 0 Å². The second-order valence-electron chi connectivity index (χ2n) is 3.28. The molecule has 0 aliphatic carbocycles. The topological polar surface area (TPSA) is 51.8 Å². The molecule has 0 aliphatic heterocycles. The molecule has 16 heavy (non-hydrogen) atoms. The van der Waals surface area contributed by atoms with Crippen molar-refractivity contribution in [3.05, 3.63) is 41.7 Å². The first kappa shape index (κ1) is 9.30. The number of aromatic nitrogens is 3. The lowest BCUT2D eigenvalue weighted by molar-refractivity contribution is 0.566. The number of benzene rings is 1. The van der Waals surface area contributed by atoms with Crippen LogP contribution in [-0.4, -0.2) is 15.2 Å². The number of nitrogens with zero attached hydrogens (tertiary/aromatic N) is 3. The molecule has 0 N–H and O–H groups in total. The Balaban J connectivity index is 2.20.